The van der Waals surface area contributed by atoms with Crippen LogP contribution in [-0.2, 0) is 9.59 Å². The normalized spacial score (nSPS) is 14.8. The van der Waals surface area contributed by atoms with E-state index in [4.69, 9.17) is 15.6 Å². The van der Waals surface area contributed by atoms with Gasteiger partial charge in [0, 0.05) is 31.5 Å². The summed E-state index contributed by atoms with van der Waals surface area (Å²) in [6, 6.07) is 0. The second-order valence-electron chi connectivity index (χ2n) is 2.54. The number of carboxylic acid groups (broad SMARTS) is 2. The lowest BCUT2D eigenvalue weighted by Crippen LogP contribution is -2.34. The maximum absolute atomic E-state index is 9.55. The molecule has 0 unspecified atom stereocenters. The highest BCUT2D eigenvalue weighted by atomic mass is 32.2. The molecule has 1 aliphatic heterocycles. The zero-order valence-electron chi connectivity index (χ0n) is 8.64. The van der Waals surface area contributed by atoms with Crippen molar-refractivity contribution in [1.29, 1.82) is 5.41 Å². The molecular formula is C8H13N3O4S. The zero-order valence-corrected chi connectivity index (χ0v) is 9.45. The fourth-order valence-electron chi connectivity index (χ4n) is 0.769. The molecule has 0 aliphatic carbocycles. The van der Waals surface area contributed by atoms with Gasteiger partial charge in [-0.1, -0.05) is 11.8 Å². The number of nitrogens with one attached hydrogen (secondary N) is 2. The highest BCUT2D eigenvalue weighted by Crippen LogP contribution is 2.12. The molecule has 16 heavy (non-hydrogen) atoms. The van der Waals surface area contributed by atoms with E-state index in [1.807, 2.05) is 12.1 Å². The molecular weight excluding hydrogens is 234 g/mol. The van der Waals surface area contributed by atoms with Crippen molar-refractivity contribution in [2.75, 3.05) is 19.3 Å². The molecule has 0 spiro atoms. The van der Waals surface area contributed by atoms with Crippen LogP contribution in [0.4, 0.5) is 0 Å². The minimum atomic E-state index is -1.26. The van der Waals surface area contributed by atoms with E-state index in [0.29, 0.717) is 17.3 Å². The van der Waals surface area contributed by atoms with E-state index in [2.05, 4.69) is 5.43 Å². The van der Waals surface area contributed by atoms with Crippen molar-refractivity contribution in [3.63, 3.8) is 0 Å². The summed E-state index contributed by atoms with van der Waals surface area (Å²) in [7, 11) is 1.83. The Labute approximate surface area is 96.6 Å². The van der Waals surface area contributed by atoms with Crippen LogP contribution in [0.1, 0.15) is 0 Å². The summed E-state index contributed by atoms with van der Waals surface area (Å²) in [5.41, 5.74) is 2.90. The predicted molar refractivity (Wildman–Crippen MR) is 60.4 cm³/mol. The first kappa shape index (κ1) is 14.5. The summed E-state index contributed by atoms with van der Waals surface area (Å²) in [5, 5.41) is 25.3. The molecule has 0 aromatic heterocycles. The van der Waals surface area contributed by atoms with Gasteiger partial charge in [-0.2, -0.15) is 0 Å². The van der Waals surface area contributed by atoms with Gasteiger partial charge in [0.2, 0.25) is 0 Å². The van der Waals surface area contributed by atoms with Gasteiger partial charge < -0.3 is 10.2 Å². The fourth-order valence-corrected chi connectivity index (χ4v) is 1.57. The van der Waals surface area contributed by atoms with Crippen molar-refractivity contribution in [2.24, 2.45) is 0 Å². The number of thioether (sulfide) groups is 1. The minimum Gasteiger partial charge on any atom is -0.478 e. The molecule has 0 bridgehead atoms. The van der Waals surface area contributed by atoms with E-state index in [-0.39, 0.29) is 0 Å². The maximum atomic E-state index is 9.55. The van der Waals surface area contributed by atoms with E-state index in [1.165, 1.54) is 0 Å². The SMILES string of the molecule is CNN1CCSC1=N.O=C(O)/C=C\C(=O)O. The molecule has 1 fully saturated rings. The first-order valence-electron chi connectivity index (χ1n) is 4.27. The number of hydrogen-bond donors (Lipinski definition) is 4. The number of carboxylic acids is 2. The maximum Gasteiger partial charge on any atom is 0.328 e. The van der Waals surface area contributed by atoms with Gasteiger partial charge in [-0.05, 0) is 0 Å². The number of amidine groups is 1. The molecule has 0 saturated carbocycles. The molecule has 8 heteroatoms. The van der Waals surface area contributed by atoms with Crippen LogP contribution < -0.4 is 5.43 Å². The Morgan fingerprint density at radius 1 is 1.44 bits per heavy atom. The Bertz CT molecular complexity index is 290. The van der Waals surface area contributed by atoms with Crippen LogP contribution in [0.5, 0.6) is 0 Å². The van der Waals surface area contributed by atoms with Gasteiger partial charge >= 0.3 is 11.9 Å². The van der Waals surface area contributed by atoms with E-state index in [1.54, 1.807) is 11.8 Å². The molecule has 1 saturated heterocycles. The van der Waals surface area contributed by atoms with Crippen molar-refractivity contribution in [1.82, 2.24) is 10.4 Å². The highest BCUT2D eigenvalue weighted by Gasteiger charge is 2.14. The van der Waals surface area contributed by atoms with Crippen LogP contribution in [0.3, 0.4) is 0 Å². The van der Waals surface area contributed by atoms with Gasteiger partial charge in [0.25, 0.3) is 0 Å². The second-order valence-corrected chi connectivity index (χ2v) is 3.62. The molecule has 0 radical (unpaired) electrons. The average Bonchev–Trinajstić information content (AvgIpc) is 2.61. The molecule has 0 aromatic carbocycles. The first-order chi connectivity index (χ1) is 7.47. The quantitative estimate of drug-likeness (QED) is 0.511. The molecule has 0 amide bonds. The third kappa shape index (κ3) is 6.85. The largest absolute Gasteiger partial charge is 0.478 e. The van der Waals surface area contributed by atoms with Crippen molar-refractivity contribution in [2.45, 2.75) is 0 Å². The van der Waals surface area contributed by atoms with Crippen LogP contribution >= 0.6 is 11.8 Å². The van der Waals surface area contributed by atoms with E-state index in [0.717, 1.165) is 12.3 Å². The molecule has 90 valence electrons. The van der Waals surface area contributed by atoms with E-state index >= 15 is 0 Å². The van der Waals surface area contributed by atoms with Gasteiger partial charge in [-0.15, -0.1) is 0 Å². The number of hydrogen-bond acceptors (Lipinski definition) is 5. The summed E-state index contributed by atoms with van der Waals surface area (Å²) >= 11 is 1.58. The molecule has 1 aliphatic rings. The van der Waals surface area contributed by atoms with Crippen LogP contribution in [-0.4, -0.2) is 51.7 Å². The summed E-state index contributed by atoms with van der Waals surface area (Å²) in [6.07, 6.45) is 1.12. The van der Waals surface area contributed by atoms with Crippen LogP contribution in [0.25, 0.3) is 0 Å². The average molecular weight is 247 g/mol. The zero-order chi connectivity index (χ0) is 12.6. The Kier molecular flexibility index (Phi) is 6.97. The van der Waals surface area contributed by atoms with E-state index in [9.17, 15) is 9.59 Å². The summed E-state index contributed by atoms with van der Waals surface area (Å²) < 4.78 is 0. The summed E-state index contributed by atoms with van der Waals surface area (Å²) in [5.74, 6) is -1.47. The van der Waals surface area contributed by atoms with Crippen molar-refractivity contribution < 1.29 is 19.8 Å². The number of rotatable bonds is 3. The Morgan fingerprint density at radius 3 is 2.12 bits per heavy atom. The van der Waals surface area contributed by atoms with E-state index < -0.39 is 11.9 Å². The standard InChI is InChI=1S/C4H9N3S.C4H4O4/c1-6-7-2-3-8-4(7)5;5-3(6)1-2-4(7)8/h5-6H,2-3H2,1H3;1-2H,(H,5,6)(H,7,8)/b;2-1-. The topological polar surface area (TPSA) is 114 Å². The van der Waals surface area contributed by atoms with Crippen LogP contribution in [0.15, 0.2) is 12.2 Å². The minimum absolute atomic E-state index is 0.558. The summed E-state index contributed by atoms with van der Waals surface area (Å²) in [6.45, 7) is 0.958. The Morgan fingerprint density at radius 2 is 1.94 bits per heavy atom. The lowest BCUT2D eigenvalue weighted by molar-refractivity contribution is -0.134. The van der Waals surface area contributed by atoms with Crippen LogP contribution in [0.2, 0.25) is 0 Å². The van der Waals surface area contributed by atoms with Crippen LogP contribution in [0, 0.1) is 5.41 Å². The fraction of sp³-hybridized carbons (Fsp3) is 0.375. The molecule has 1 rings (SSSR count). The smallest absolute Gasteiger partial charge is 0.328 e. The van der Waals surface area contributed by atoms with Crippen molar-refractivity contribution in [3.05, 3.63) is 12.2 Å². The molecule has 0 aromatic rings. The number of hydrazine groups is 1. The van der Waals surface area contributed by atoms with Gasteiger partial charge in [0.15, 0.2) is 5.17 Å². The Balaban J connectivity index is 0.000000281. The predicted octanol–water partition coefficient (Wildman–Crippen LogP) is -0.184. The Hall–Kier alpha value is -1.54. The van der Waals surface area contributed by atoms with Gasteiger partial charge in [-0.3, -0.25) is 10.4 Å². The van der Waals surface area contributed by atoms with Gasteiger partial charge in [0.05, 0.1) is 0 Å². The number of nitrogens with zero attached hydrogens (tertiary/aromatic N) is 1. The monoisotopic (exact) mass is 247 g/mol. The number of aliphatic carboxylic acids is 2. The molecule has 0 atom stereocenters. The van der Waals surface area contributed by atoms with Crippen molar-refractivity contribution >= 4 is 28.9 Å². The molecule has 4 N–H and O–H groups in total. The third-order valence-electron chi connectivity index (χ3n) is 1.44. The van der Waals surface area contributed by atoms with Gasteiger partial charge in [0.1, 0.15) is 0 Å². The van der Waals surface area contributed by atoms with Gasteiger partial charge in [-0.25, -0.2) is 15.0 Å². The molecule has 7 nitrogen and oxygen atoms in total. The highest BCUT2D eigenvalue weighted by molar-refractivity contribution is 8.14. The first-order valence-corrected chi connectivity index (χ1v) is 5.26. The summed E-state index contributed by atoms with van der Waals surface area (Å²) in [4.78, 5) is 19.1. The molecule has 1 heterocycles. The lowest BCUT2D eigenvalue weighted by Gasteiger charge is -2.12. The lowest BCUT2D eigenvalue weighted by atomic mass is 10.5. The third-order valence-corrected chi connectivity index (χ3v) is 2.32. The second kappa shape index (κ2) is 7.71. The van der Waals surface area contributed by atoms with Crippen molar-refractivity contribution in [3.8, 4) is 0 Å². The number of carbonyl (C=O) groups is 2.